The van der Waals surface area contributed by atoms with Crippen LogP contribution in [0.4, 0.5) is 0 Å². The van der Waals surface area contributed by atoms with E-state index in [1.54, 1.807) is 0 Å². The first-order valence-corrected chi connectivity index (χ1v) is 4.24. The molecule has 3 nitrogen and oxygen atoms in total. The number of rotatable bonds is 2. The van der Waals surface area contributed by atoms with Crippen LogP contribution in [0.3, 0.4) is 0 Å². The van der Waals surface area contributed by atoms with E-state index in [2.05, 4.69) is 5.14 Å². The molecule has 0 atom stereocenters. The summed E-state index contributed by atoms with van der Waals surface area (Å²) in [4.78, 5) is 0. The van der Waals surface area contributed by atoms with Crippen LogP contribution >= 0.6 is 0 Å². The molecule has 0 aromatic carbocycles. The van der Waals surface area contributed by atoms with Crippen LogP contribution in [0.25, 0.3) is 0 Å². The molecule has 0 fully saturated rings. The zero-order valence-corrected chi connectivity index (χ0v) is 6.35. The number of hydrogen-bond donors (Lipinski definition) is 1. The van der Waals surface area contributed by atoms with Gasteiger partial charge in [0.25, 0.3) is 0 Å². The SMILES string of the molecule is CC(C)/C=C/S(N)(=O)=O. The zero-order valence-electron chi connectivity index (χ0n) is 5.53. The lowest BCUT2D eigenvalue weighted by Crippen LogP contribution is -2.07. The van der Waals surface area contributed by atoms with Crippen LogP contribution in [0, 0.1) is 5.92 Å². The molecule has 54 valence electrons. The molecule has 0 aliphatic carbocycles. The van der Waals surface area contributed by atoms with Gasteiger partial charge in [0.05, 0.1) is 0 Å². The van der Waals surface area contributed by atoms with Crippen LogP contribution in [-0.2, 0) is 10.0 Å². The monoisotopic (exact) mass is 149 g/mol. The minimum Gasteiger partial charge on any atom is -0.225 e. The lowest BCUT2D eigenvalue weighted by Gasteiger charge is -1.90. The van der Waals surface area contributed by atoms with Gasteiger partial charge in [-0.25, -0.2) is 13.6 Å². The van der Waals surface area contributed by atoms with Crippen molar-refractivity contribution in [1.29, 1.82) is 0 Å². The van der Waals surface area contributed by atoms with Crippen LogP contribution < -0.4 is 5.14 Å². The minimum atomic E-state index is -3.40. The van der Waals surface area contributed by atoms with Crippen molar-refractivity contribution >= 4 is 10.0 Å². The van der Waals surface area contributed by atoms with Crippen molar-refractivity contribution in [3.8, 4) is 0 Å². The van der Waals surface area contributed by atoms with E-state index in [0.717, 1.165) is 5.41 Å². The highest BCUT2D eigenvalue weighted by atomic mass is 32.2. The van der Waals surface area contributed by atoms with Gasteiger partial charge in [-0.15, -0.1) is 0 Å². The predicted octanol–water partition coefficient (Wildman–Crippen LogP) is 0.445. The molecule has 2 N–H and O–H groups in total. The van der Waals surface area contributed by atoms with E-state index >= 15 is 0 Å². The fourth-order valence-electron chi connectivity index (χ4n) is 0.267. The van der Waals surface area contributed by atoms with Crippen molar-refractivity contribution in [3.63, 3.8) is 0 Å². The van der Waals surface area contributed by atoms with Gasteiger partial charge in [-0.2, -0.15) is 0 Å². The van der Waals surface area contributed by atoms with E-state index in [-0.39, 0.29) is 5.92 Å². The summed E-state index contributed by atoms with van der Waals surface area (Å²) in [6.45, 7) is 3.75. The predicted molar refractivity (Wildman–Crippen MR) is 37.1 cm³/mol. The highest BCUT2D eigenvalue weighted by Crippen LogP contribution is 1.94. The molecule has 4 heteroatoms. The van der Waals surface area contributed by atoms with Gasteiger partial charge in [0.2, 0.25) is 10.0 Å². The molecule has 0 heterocycles. The lowest BCUT2D eigenvalue weighted by atomic mass is 10.2. The van der Waals surface area contributed by atoms with E-state index in [4.69, 9.17) is 0 Å². The second kappa shape index (κ2) is 2.98. The standard InChI is InChI=1S/C5H11NO2S/c1-5(2)3-4-9(6,7)8/h3-5H,1-2H3,(H2,6,7,8)/b4-3+. The topological polar surface area (TPSA) is 60.2 Å². The average Bonchev–Trinajstić information content (AvgIpc) is 1.59. The summed E-state index contributed by atoms with van der Waals surface area (Å²) in [6, 6.07) is 0. The summed E-state index contributed by atoms with van der Waals surface area (Å²) in [6.07, 6.45) is 1.54. The van der Waals surface area contributed by atoms with Crippen molar-refractivity contribution < 1.29 is 8.42 Å². The average molecular weight is 149 g/mol. The third kappa shape index (κ3) is 7.65. The summed E-state index contributed by atoms with van der Waals surface area (Å²) in [5.74, 6) is 0.225. The van der Waals surface area contributed by atoms with Crippen molar-refractivity contribution in [1.82, 2.24) is 0 Å². The third-order valence-corrected chi connectivity index (χ3v) is 1.19. The number of hydrogen-bond acceptors (Lipinski definition) is 2. The summed E-state index contributed by atoms with van der Waals surface area (Å²) >= 11 is 0. The van der Waals surface area contributed by atoms with Gasteiger partial charge in [0, 0.05) is 5.41 Å². The highest BCUT2D eigenvalue weighted by Gasteiger charge is 1.92. The van der Waals surface area contributed by atoms with E-state index < -0.39 is 10.0 Å². The first-order chi connectivity index (χ1) is 3.92. The fraction of sp³-hybridized carbons (Fsp3) is 0.600. The Labute approximate surface area is 55.6 Å². The van der Waals surface area contributed by atoms with Crippen molar-refractivity contribution in [2.75, 3.05) is 0 Å². The van der Waals surface area contributed by atoms with Crippen molar-refractivity contribution in [2.24, 2.45) is 11.1 Å². The first-order valence-electron chi connectivity index (χ1n) is 2.63. The molecule has 0 aromatic rings. The summed E-state index contributed by atoms with van der Waals surface area (Å²) in [5, 5.41) is 5.68. The second-order valence-corrected chi connectivity index (χ2v) is 3.61. The Balaban J connectivity index is 4.03. The Hall–Kier alpha value is -0.350. The lowest BCUT2D eigenvalue weighted by molar-refractivity contribution is 0.606. The highest BCUT2D eigenvalue weighted by molar-refractivity contribution is 7.92. The fourth-order valence-corrected chi connectivity index (χ4v) is 0.800. The molecule has 0 radical (unpaired) electrons. The van der Waals surface area contributed by atoms with Crippen LogP contribution in [0.1, 0.15) is 13.8 Å². The molecule has 9 heavy (non-hydrogen) atoms. The molecule has 0 aliphatic rings. The Kier molecular flexibility index (Phi) is 2.87. The quantitative estimate of drug-likeness (QED) is 0.619. The largest absolute Gasteiger partial charge is 0.230 e. The molecule has 0 aliphatic heterocycles. The molecule has 0 saturated heterocycles. The van der Waals surface area contributed by atoms with Crippen LogP contribution in [-0.4, -0.2) is 8.42 Å². The van der Waals surface area contributed by atoms with Crippen LogP contribution in [0.5, 0.6) is 0 Å². The molecule has 0 amide bonds. The molecule has 0 bridgehead atoms. The van der Waals surface area contributed by atoms with E-state index in [0.29, 0.717) is 0 Å². The zero-order chi connectivity index (χ0) is 7.49. The van der Waals surface area contributed by atoms with Crippen LogP contribution in [0.15, 0.2) is 11.5 Å². The summed E-state index contributed by atoms with van der Waals surface area (Å²) in [7, 11) is -3.40. The molecule has 0 unspecified atom stereocenters. The maximum Gasteiger partial charge on any atom is 0.230 e. The van der Waals surface area contributed by atoms with Gasteiger partial charge < -0.3 is 0 Å². The first kappa shape index (κ1) is 8.65. The van der Waals surface area contributed by atoms with Gasteiger partial charge >= 0.3 is 0 Å². The van der Waals surface area contributed by atoms with Gasteiger partial charge in [-0.1, -0.05) is 19.9 Å². The summed E-state index contributed by atoms with van der Waals surface area (Å²) < 4.78 is 20.5. The molecule has 0 spiro atoms. The smallest absolute Gasteiger partial charge is 0.225 e. The van der Waals surface area contributed by atoms with E-state index in [9.17, 15) is 8.42 Å². The van der Waals surface area contributed by atoms with E-state index in [1.165, 1.54) is 6.08 Å². The Bertz CT molecular complexity index is 191. The molecule has 0 aromatic heterocycles. The molecule has 0 rings (SSSR count). The second-order valence-electron chi connectivity index (χ2n) is 2.16. The Morgan fingerprint density at radius 3 is 2.00 bits per heavy atom. The number of allylic oxidation sites excluding steroid dienone is 1. The van der Waals surface area contributed by atoms with Crippen LogP contribution in [0.2, 0.25) is 0 Å². The minimum absolute atomic E-state index is 0.225. The van der Waals surface area contributed by atoms with Gasteiger partial charge in [0.15, 0.2) is 0 Å². The number of sulfonamides is 1. The van der Waals surface area contributed by atoms with Gasteiger partial charge in [-0.05, 0) is 5.92 Å². The molecular formula is C5H11NO2S. The number of primary sulfonamides is 1. The van der Waals surface area contributed by atoms with Crippen molar-refractivity contribution in [3.05, 3.63) is 11.5 Å². The van der Waals surface area contributed by atoms with Gasteiger partial charge in [-0.3, -0.25) is 0 Å². The molecular weight excluding hydrogens is 138 g/mol. The van der Waals surface area contributed by atoms with Crippen molar-refractivity contribution in [2.45, 2.75) is 13.8 Å². The third-order valence-electron chi connectivity index (χ3n) is 0.653. The van der Waals surface area contributed by atoms with Gasteiger partial charge in [0.1, 0.15) is 0 Å². The summed E-state index contributed by atoms with van der Waals surface area (Å²) in [5.41, 5.74) is 0. The Morgan fingerprint density at radius 2 is 1.89 bits per heavy atom. The molecule has 0 saturated carbocycles. The van der Waals surface area contributed by atoms with E-state index in [1.807, 2.05) is 13.8 Å². The maximum atomic E-state index is 10.2. The normalized spacial score (nSPS) is 13.3. The number of nitrogens with two attached hydrogens (primary N) is 1. The Morgan fingerprint density at radius 1 is 1.44 bits per heavy atom. The maximum absolute atomic E-state index is 10.2.